The zero-order valence-corrected chi connectivity index (χ0v) is 9.01. The van der Waals surface area contributed by atoms with E-state index in [1.807, 2.05) is 41.1 Å². The first-order valence-corrected chi connectivity index (χ1v) is 4.95. The highest BCUT2D eigenvalue weighted by Gasteiger charge is 2.01. The SMILES string of the molecule is Clc1cc(Br)ccc1-n1[c]ccc1. The Labute approximate surface area is 90.1 Å². The van der Waals surface area contributed by atoms with Gasteiger partial charge in [0.2, 0.25) is 0 Å². The van der Waals surface area contributed by atoms with Gasteiger partial charge in [-0.15, -0.1) is 0 Å². The van der Waals surface area contributed by atoms with Crippen LogP contribution in [-0.4, -0.2) is 4.57 Å². The van der Waals surface area contributed by atoms with Crippen LogP contribution in [0, 0.1) is 6.20 Å². The molecule has 0 aliphatic carbocycles. The van der Waals surface area contributed by atoms with Crippen LogP contribution in [-0.2, 0) is 0 Å². The fourth-order valence-corrected chi connectivity index (χ4v) is 1.89. The third kappa shape index (κ3) is 1.79. The van der Waals surface area contributed by atoms with E-state index in [0.717, 1.165) is 10.2 Å². The minimum atomic E-state index is 0.710. The molecule has 0 N–H and O–H groups in total. The first-order chi connectivity index (χ1) is 6.27. The van der Waals surface area contributed by atoms with Gasteiger partial charge >= 0.3 is 0 Å². The van der Waals surface area contributed by atoms with E-state index in [9.17, 15) is 0 Å². The van der Waals surface area contributed by atoms with Crippen LogP contribution in [0.5, 0.6) is 0 Å². The molecule has 1 heterocycles. The molecule has 0 atom stereocenters. The lowest BCUT2D eigenvalue weighted by atomic mass is 10.3. The van der Waals surface area contributed by atoms with Crippen LogP contribution in [0.1, 0.15) is 0 Å². The van der Waals surface area contributed by atoms with Crippen LogP contribution in [0.3, 0.4) is 0 Å². The molecular formula is C10H6BrClN. The third-order valence-corrected chi connectivity index (χ3v) is 2.51. The van der Waals surface area contributed by atoms with Crippen LogP contribution < -0.4 is 0 Å². The van der Waals surface area contributed by atoms with Gasteiger partial charge in [0.1, 0.15) is 0 Å². The van der Waals surface area contributed by atoms with Crippen molar-refractivity contribution in [2.24, 2.45) is 0 Å². The molecule has 0 bridgehead atoms. The van der Waals surface area contributed by atoms with Crippen molar-refractivity contribution in [3.05, 3.63) is 52.2 Å². The molecule has 0 unspecified atom stereocenters. The Balaban J connectivity index is 2.53. The molecule has 1 aromatic heterocycles. The second-order valence-electron chi connectivity index (χ2n) is 2.60. The molecule has 0 fully saturated rings. The van der Waals surface area contributed by atoms with Gasteiger partial charge in [-0.3, -0.25) is 0 Å². The lowest BCUT2D eigenvalue weighted by molar-refractivity contribution is 1.07. The maximum Gasteiger partial charge on any atom is 0.0697 e. The molecule has 0 saturated heterocycles. The maximum atomic E-state index is 6.05. The van der Waals surface area contributed by atoms with Gasteiger partial charge in [0, 0.05) is 10.7 Å². The molecule has 1 nitrogen and oxygen atoms in total. The molecule has 13 heavy (non-hydrogen) atoms. The molecule has 2 aromatic rings. The second kappa shape index (κ2) is 3.56. The van der Waals surface area contributed by atoms with Gasteiger partial charge in [-0.25, -0.2) is 0 Å². The van der Waals surface area contributed by atoms with Crippen molar-refractivity contribution < 1.29 is 0 Å². The number of rotatable bonds is 1. The first kappa shape index (κ1) is 8.85. The molecular weight excluding hydrogens is 249 g/mol. The molecule has 0 amide bonds. The van der Waals surface area contributed by atoms with E-state index in [-0.39, 0.29) is 0 Å². The van der Waals surface area contributed by atoms with Crippen LogP contribution in [0.4, 0.5) is 0 Å². The average molecular weight is 256 g/mol. The van der Waals surface area contributed by atoms with Gasteiger partial charge in [-0.2, -0.15) is 0 Å². The zero-order chi connectivity index (χ0) is 9.26. The summed E-state index contributed by atoms with van der Waals surface area (Å²) in [6.45, 7) is 0. The number of hydrogen-bond donors (Lipinski definition) is 0. The molecule has 3 heteroatoms. The normalized spacial score (nSPS) is 10.3. The maximum absolute atomic E-state index is 6.05. The Morgan fingerprint density at radius 2 is 2.23 bits per heavy atom. The highest BCUT2D eigenvalue weighted by molar-refractivity contribution is 9.10. The van der Waals surface area contributed by atoms with Crippen molar-refractivity contribution >= 4 is 27.5 Å². The molecule has 1 radical (unpaired) electrons. The van der Waals surface area contributed by atoms with Crippen molar-refractivity contribution in [2.75, 3.05) is 0 Å². The van der Waals surface area contributed by atoms with Gasteiger partial charge in [-0.1, -0.05) is 27.5 Å². The average Bonchev–Trinajstić information content (AvgIpc) is 2.56. The van der Waals surface area contributed by atoms with E-state index in [2.05, 4.69) is 22.1 Å². The molecule has 65 valence electrons. The predicted octanol–water partition coefficient (Wildman–Crippen LogP) is 3.69. The fraction of sp³-hybridized carbons (Fsp3) is 0. The van der Waals surface area contributed by atoms with Crippen molar-refractivity contribution in [3.63, 3.8) is 0 Å². The Kier molecular flexibility index (Phi) is 2.42. The summed E-state index contributed by atoms with van der Waals surface area (Å²) < 4.78 is 2.84. The largest absolute Gasteiger partial charge is 0.314 e. The molecule has 0 aliphatic heterocycles. The molecule has 2 rings (SSSR count). The minimum Gasteiger partial charge on any atom is -0.314 e. The third-order valence-electron chi connectivity index (χ3n) is 1.71. The molecule has 0 spiro atoms. The van der Waals surface area contributed by atoms with Gasteiger partial charge in [0.25, 0.3) is 0 Å². The van der Waals surface area contributed by atoms with Gasteiger partial charge in [0.15, 0.2) is 0 Å². The Morgan fingerprint density at radius 1 is 1.38 bits per heavy atom. The first-order valence-electron chi connectivity index (χ1n) is 3.78. The number of hydrogen-bond acceptors (Lipinski definition) is 0. The number of nitrogens with zero attached hydrogens (tertiary/aromatic N) is 1. The van der Waals surface area contributed by atoms with Crippen molar-refractivity contribution in [3.8, 4) is 5.69 Å². The summed E-state index contributed by atoms with van der Waals surface area (Å²) in [4.78, 5) is 0. The lowest BCUT2D eigenvalue weighted by Gasteiger charge is -2.04. The number of halogens is 2. The standard InChI is InChI=1S/C10H6BrClN/c11-8-3-4-10(9(12)7-8)13-5-1-2-6-13/h1-5,7H. The smallest absolute Gasteiger partial charge is 0.0697 e. The Hall–Kier alpha value is -0.730. The van der Waals surface area contributed by atoms with Gasteiger partial charge < -0.3 is 4.57 Å². The van der Waals surface area contributed by atoms with Gasteiger partial charge in [0.05, 0.1) is 16.9 Å². The van der Waals surface area contributed by atoms with Gasteiger partial charge in [-0.05, 0) is 30.3 Å². The summed E-state index contributed by atoms with van der Waals surface area (Å²) >= 11 is 9.41. The summed E-state index contributed by atoms with van der Waals surface area (Å²) in [5.74, 6) is 0. The van der Waals surface area contributed by atoms with E-state index < -0.39 is 0 Å². The lowest BCUT2D eigenvalue weighted by Crippen LogP contribution is -1.90. The second-order valence-corrected chi connectivity index (χ2v) is 3.93. The summed E-state index contributed by atoms with van der Waals surface area (Å²) in [7, 11) is 0. The van der Waals surface area contributed by atoms with E-state index in [0.29, 0.717) is 5.02 Å². The summed E-state index contributed by atoms with van der Waals surface area (Å²) in [6, 6.07) is 9.53. The predicted molar refractivity (Wildman–Crippen MR) is 57.3 cm³/mol. The Morgan fingerprint density at radius 3 is 2.85 bits per heavy atom. The van der Waals surface area contributed by atoms with Crippen LogP contribution in [0.2, 0.25) is 5.02 Å². The number of aromatic nitrogens is 1. The monoisotopic (exact) mass is 254 g/mol. The minimum absolute atomic E-state index is 0.710. The highest BCUT2D eigenvalue weighted by Crippen LogP contribution is 2.24. The van der Waals surface area contributed by atoms with Crippen LogP contribution in [0.15, 0.2) is 41.0 Å². The quantitative estimate of drug-likeness (QED) is 0.732. The highest BCUT2D eigenvalue weighted by atomic mass is 79.9. The van der Waals surface area contributed by atoms with E-state index in [4.69, 9.17) is 11.6 Å². The topological polar surface area (TPSA) is 4.93 Å². The summed E-state index contributed by atoms with van der Waals surface area (Å²) in [5.41, 5.74) is 0.940. The van der Waals surface area contributed by atoms with Crippen LogP contribution >= 0.6 is 27.5 Å². The van der Waals surface area contributed by atoms with Crippen molar-refractivity contribution in [2.45, 2.75) is 0 Å². The van der Waals surface area contributed by atoms with E-state index >= 15 is 0 Å². The fourth-order valence-electron chi connectivity index (χ4n) is 1.12. The van der Waals surface area contributed by atoms with Crippen molar-refractivity contribution in [1.29, 1.82) is 0 Å². The summed E-state index contributed by atoms with van der Waals surface area (Å²) in [5, 5.41) is 0.710. The van der Waals surface area contributed by atoms with Crippen LogP contribution in [0.25, 0.3) is 5.69 Å². The van der Waals surface area contributed by atoms with E-state index in [1.54, 1.807) is 0 Å². The summed E-state index contributed by atoms with van der Waals surface area (Å²) in [6.07, 6.45) is 4.94. The molecule has 0 saturated carbocycles. The molecule has 1 aromatic carbocycles. The zero-order valence-electron chi connectivity index (χ0n) is 6.67. The number of benzene rings is 1. The van der Waals surface area contributed by atoms with E-state index in [1.165, 1.54) is 0 Å². The molecule has 0 aliphatic rings. The van der Waals surface area contributed by atoms with Crippen molar-refractivity contribution in [1.82, 2.24) is 4.57 Å². The Bertz CT molecular complexity index is 409.